The number of methoxy groups -OCH3 is 1. The molecule has 0 amide bonds. The van der Waals surface area contributed by atoms with Gasteiger partial charge in [0, 0.05) is 11.8 Å². The topological polar surface area (TPSA) is 65.5 Å². The summed E-state index contributed by atoms with van der Waals surface area (Å²) < 4.78 is 10.8. The van der Waals surface area contributed by atoms with E-state index in [0.717, 1.165) is 5.56 Å². The van der Waals surface area contributed by atoms with Crippen LogP contribution in [-0.2, 0) is 0 Å². The summed E-state index contributed by atoms with van der Waals surface area (Å²) >= 11 is 0. The van der Waals surface area contributed by atoms with Gasteiger partial charge in [-0.1, -0.05) is 18.2 Å². The summed E-state index contributed by atoms with van der Waals surface area (Å²) in [5.74, 6) is 1.13. The van der Waals surface area contributed by atoms with E-state index in [1.54, 1.807) is 31.4 Å². The summed E-state index contributed by atoms with van der Waals surface area (Å²) in [5.41, 5.74) is 7.77. The molecular formula is C18H15NO3. The average Bonchev–Trinajstić information content (AvgIpc) is 2.54. The molecule has 0 bridgehead atoms. The Labute approximate surface area is 127 Å². The van der Waals surface area contributed by atoms with E-state index in [-0.39, 0.29) is 5.43 Å². The molecule has 4 nitrogen and oxygen atoms in total. The van der Waals surface area contributed by atoms with Gasteiger partial charge in [-0.05, 0) is 42.0 Å². The van der Waals surface area contributed by atoms with Crippen LogP contribution in [-0.4, -0.2) is 7.11 Å². The van der Waals surface area contributed by atoms with Crippen molar-refractivity contribution < 1.29 is 9.15 Å². The lowest BCUT2D eigenvalue weighted by molar-refractivity contribution is 0.415. The molecule has 0 atom stereocenters. The highest BCUT2D eigenvalue weighted by Crippen LogP contribution is 2.20. The second kappa shape index (κ2) is 5.77. The Morgan fingerprint density at radius 3 is 2.55 bits per heavy atom. The fourth-order valence-corrected chi connectivity index (χ4v) is 2.15. The van der Waals surface area contributed by atoms with Crippen molar-refractivity contribution in [3.63, 3.8) is 0 Å². The SMILES string of the molecule is COc1ccc2oc(C=Cc3ccc(N)cc3)cc(=O)c2c1. The lowest BCUT2D eigenvalue weighted by Crippen LogP contribution is -2.00. The fourth-order valence-electron chi connectivity index (χ4n) is 2.15. The number of hydrogen-bond donors (Lipinski definition) is 1. The van der Waals surface area contributed by atoms with E-state index in [1.165, 1.54) is 6.07 Å². The van der Waals surface area contributed by atoms with E-state index >= 15 is 0 Å². The summed E-state index contributed by atoms with van der Waals surface area (Å²) in [6.45, 7) is 0. The Kier molecular flexibility index (Phi) is 3.66. The van der Waals surface area contributed by atoms with Crippen molar-refractivity contribution >= 4 is 28.8 Å². The van der Waals surface area contributed by atoms with Crippen LogP contribution in [0.3, 0.4) is 0 Å². The molecule has 0 saturated carbocycles. The van der Waals surface area contributed by atoms with Gasteiger partial charge in [0.1, 0.15) is 17.1 Å². The molecule has 0 aliphatic rings. The number of ether oxygens (including phenoxy) is 1. The zero-order chi connectivity index (χ0) is 15.5. The van der Waals surface area contributed by atoms with Gasteiger partial charge < -0.3 is 14.9 Å². The molecule has 0 spiro atoms. The summed E-state index contributed by atoms with van der Waals surface area (Å²) in [6, 6.07) is 14.1. The molecule has 22 heavy (non-hydrogen) atoms. The monoisotopic (exact) mass is 293 g/mol. The molecule has 3 aromatic rings. The second-order valence-electron chi connectivity index (χ2n) is 4.88. The van der Waals surface area contributed by atoms with Gasteiger partial charge in [-0.25, -0.2) is 0 Å². The van der Waals surface area contributed by atoms with Gasteiger partial charge in [0.05, 0.1) is 12.5 Å². The Morgan fingerprint density at radius 1 is 1.05 bits per heavy atom. The molecule has 0 aliphatic heterocycles. The molecule has 2 N–H and O–H groups in total. The molecule has 1 heterocycles. The first-order chi connectivity index (χ1) is 10.7. The zero-order valence-corrected chi connectivity index (χ0v) is 12.1. The van der Waals surface area contributed by atoms with E-state index < -0.39 is 0 Å². The average molecular weight is 293 g/mol. The lowest BCUT2D eigenvalue weighted by Gasteiger charge is -2.02. The smallest absolute Gasteiger partial charge is 0.193 e. The number of nitrogens with two attached hydrogens (primary N) is 1. The number of anilines is 1. The lowest BCUT2D eigenvalue weighted by atomic mass is 10.1. The van der Waals surface area contributed by atoms with Crippen LogP contribution in [0.25, 0.3) is 23.1 Å². The standard InChI is InChI=1S/C18H15NO3/c1-21-14-8-9-18-16(10-14)17(20)11-15(22-18)7-4-12-2-5-13(19)6-3-12/h2-11H,19H2,1H3. The summed E-state index contributed by atoms with van der Waals surface area (Å²) in [5, 5.41) is 0.504. The fraction of sp³-hybridized carbons (Fsp3) is 0.0556. The van der Waals surface area contributed by atoms with Crippen molar-refractivity contribution in [2.24, 2.45) is 0 Å². The van der Waals surface area contributed by atoms with E-state index in [0.29, 0.717) is 28.2 Å². The van der Waals surface area contributed by atoms with Gasteiger partial charge in [0.15, 0.2) is 5.43 Å². The first-order valence-electron chi connectivity index (χ1n) is 6.81. The Balaban J connectivity index is 1.98. The van der Waals surface area contributed by atoms with Crippen molar-refractivity contribution in [3.8, 4) is 5.75 Å². The van der Waals surface area contributed by atoms with Gasteiger partial charge in [0.25, 0.3) is 0 Å². The van der Waals surface area contributed by atoms with E-state index in [9.17, 15) is 4.79 Å². The minimum absolute atomic E-state index is 0.0999. The largest absolute Gasteiger partial charge is 0.497 e. The summed E-state index contributed by atoms with van der Waals surface area (Å²) in [7, 11) is 1.56. The van der Waals surface area contributed by atoms with Crippen molar-refractivity contribution in [2.45, 2.75) is 0 Å². The van der Waals surface area contributed by atoms with Crippen LogP contribution in [0.15, 0.2) is 57.7 Å². The van der Waals surface area contributed by atoms with Crippen molar-refractivity contribution in [1.29, 1.82) is 0 Å². The van der Waals surface area contributed by atoms with Crippen LogP contribution in [0.2, 0.25) is 0 Å². The molecule has 0 aliphatic carbocycles. The van der Waals surface area contributed by atoms with Gasteiger partial charge in [0.2, 0.25) is 0 Å². The van der Waals surface area contributed by atoms with Gasteiger partial charge >= 0.3 is 0 Å². The number of benzene rings is 2. The van der Waals surface area contributed by atoms with Crippen LogP contribution in [0, 0.1) is 0 Å². The van der Waals surface area contributed by atoms with Crippen LogP contribution in [0.4, 0.5) is 5.69 Å². The summed E-state index contributed by atoms with van der Waals surface area (Å²) in [4.78, 5) is 12.2. The molecule has 1 aromatic heterocycles. The molecule has 0 radical (unpaired) electrons. The van der Waals surface area contributed by atoms with Crippen LogP contribution >= 0.6 is 0 Å². The Bertz CT molecular complexity index is 892. The molecule has 2 aromatic carbocycles. The van der Waals surface area contributed by atoms with Gasteiger partial charge in [-0.3, -0.25) is 4.79 Å². The van der Waals surface area contributed by atoms with Gasteiger partial charge in [-0.15, -0.1) is 0 Å². The summed E-state index contributed by atoms with van der Waals surface area (Å²) in [6.07, 6.45) is 3.63. The predicted molar refractivity (Wildman–Crippen MR) is 88.8 cm³/mol. The minimum Gasteiger partial charge on any atom is -0.497 e. The highest BCUT2D eigenvalue weighted by molar-refractivity contribution is 5.79. The van der Waals surface area contributed by atoms with E-state index in [2.05, 4.69) is 0 Å². The maximum Gasteiger partial charge on any atom is 0.193 e. The number of hydrogen-bond acceptors (Lipinski definition) is 4. The molecule has 0 saturated heterocycles. The van der Waals surface area contributed by atoms with Crippen molar-refractivity contribution in [1.82, 2.24) is 0 Å². The molecule has 0 unspecified atom stereocenters. The Hall–Kier alpha value is -3.01. The quantitative estimate of drug-likeness (QED) is 0.750. The second-order valence-corrected chi connectivity index (χ2v) is 4.88. The molecule has 3 rings (SSSR count). The van der Waals surface area contributed by atoms with Gasteiger partial charge in [-0.2, -0.15) is 0 Å². The van der Waals surface area contributed by atoms with Crippen LogP contribution < -0.4 is 15.9 Å². The van der Waals surface area contributed by atoms with Crippen molar-refractivity contribution in [3.05, 3.63) is 70.1 Å². The predicted octanol–water partition coefficient (Wildman–Crippen LogP) is 3.55. The van der Waals surface area contributed by atoms with E-state index in [1.807, 2.05) is 30.3 Å². The third-order valence-corrected chi connectivity index (χ3v) is 3.33. The minimum atomic E-state index is -0.0999. The molecular weight excluding hydrogens is 278 g/mol. The number of rotatable bonds is 3. The third-order valence-electron chi connectivity index (χ3n) is 3.33. The maximum absolute atomic E-state index is 12.2. The maximum atomic E-state index is 12.2. The Morgan fingerprint density at radius 2 is 1.82 bits per heavy atom. The molecule has 4 heteroatoms. The number of nitrogen functional groups attached to an aromatic ring is 1. The highest BCUT2D eigenvalue weighted by Gasteiger charge is 2.04. The van der Waals surface area contributed by atoms with E-state index in [4.69, 9.17) is 14.9 Å². The normalized spacial score (nSPS) is 11.1. The first-order valence-corrected chi connectivity index (χ1v) is 6.81. The van der Waals surface area contributed by atoms with Crippen molar-refractivity contribution in [2.75, 3.05) is 12.8 Å². The number of fused-ring (bicyclic) bond motifs is 1. The molecule has 0 fully saturated rings. The zero-order valence-electron chi connectivity index (χ0n) is 12.1. The first kappa shape index (κ1) is 13.9. The molecule has 110 valence electrons. The highest BCUT2D eigenvalue weighted by atomic mass is 16.5. The third kappa shape index (κ3) is 2.86. The van der Waals surface area contributed by atoms with Crippen LogP contribution in [0.1, 0.15) is 11.3 Å². The van der Waals surface area contributed by atoms with Crippen LogP contribution in [0.5, 0.6) is 5.75 Å².